The highest BCUT2D eigenvalue weighted by atomic mass is 79.9. The standard InChI is InChI=1S/C17H23BrN2O3/c1-23-16(21)17(22)7-11-19(12-17)8-3-9-20-10-6-13-14(18)4-2-5-15(13)20/h2,4-5,22H,3,6-12H2,1H3. The molecule has 1 fully saturated rings. The first-order valence-corrected chi connectivity index (χ1v) is 8.88. The van der Waals surface area contributed by atoms with Crippen molar-refractivity contribution in [2.75, 3.05) is 44.7 Å². The van der Waals surface area contributed by atoms with Crippen LogP contribution in [0.4, 0.5) is 5.69 Å². The van der Waals surface area contributed by atoms with Crippen molar-refractivity contribution < 1.29 is 14.6 Å². The van der Waals surface area contributed by atoms with Gasteiger partial charge in [0.1, 0.15) is 0 Å². The van der Waals surface area contributed by atoms with Crippen molar-refractivity contribution in [1.82, 2.24) is 4.90 Å². The van der Waals surface area contributed by atoms with Crippen molar-refractivity contribution in [2.45, 2.75) is 24.9 Å². The van der Waals surface area contributed by atoms with Crippen LogP contribution in [0.5, 0.6) is 0 Å². The number of methoxy groups -OCH3 is 1. The normalized spacial score (nSPS) is 24.0. The van der Waals surface area contributed by atoms with Crippen molar-refractivity contribution in [1.29, 1.82) is 0 Å². The third-order valence-corrected chi connectivity index (χ3v) is 5.60. The SMILES string of the molecule is COC(=O)C1(O)CCN(CCCN2CCc3c(Br)cccc32)C1. The van der Waals surface area contributed by atoms with Gasteiger partial charge in [-0.05, 0) is 37.1 Å². The quantitative estimate of drug-likeness (QED) is 0.787. The van der Waals surface area contributed by atoms with E-state index in [0.717, 1.165) is 39.0 Å². The second kappa shape index (κ2) is 6.79. The van der Waals surface area contributed by atoms with E-state index in [-0.39, 0.29) is 0 Å². The van der Waals surface area contributed by atoms with Crippen molar-refractivity contribution in [2.24, 2.45) is 0 Å². The van der Waals surface area contributed by atoms with E-state index in [1.807, 2.05) is 0 Å². The van der Waals surface area contributed by atoms with Crippen LogP contribution in [0.2, 0.25) is 0 Å². The van der Waals surface area contributed by atoms with E-state index in [2.05, 4.69) is 43.9 Å². The van der Waals surface area contributed by atoms with Crippen LogP contribution in [0, 0.1) is 0 Å². The molecule has 2 aliphatic rings. The van der Waals surface area contributed by atoms with Gasteiger partial charge in [-0.25, -0.2) is 4.79 Å². The Balaban J connectivity index is 1.49. The predicted molar refractivity (Wildman–Crippen MR) is 92.7 cm³/mol. The second-order valence-corrected chi connectivity index (χ2v) is 7.23. The number of benzene rings is 1. The third kappa shape index (κ3) is 3.39. The van der Waals surface area contributed by atoms with E-state index < -0.39 is 11.6 Å². The number of anilines is 1. The lowest BCUT2D eigenvalue weighted by molar-refractivity contribution is -0.160. The molecule has 1 unspecified atom stereocenters. The van der Waals surface area contributed by atoms with E-state index in [1.165, 1.54) is 22.8 Å². The lowest BCUT2D eigenvalue weighted by Crippen LogP contribution is -2.42. The molecule has 1 saturated heterocycles. The smallest absolute Gasteiger partial charge is 0.339 e. The van der Waals surface area contributed by atoms with Gasteiger partial charge in [0.05, 0.1) is 7.11 Å². The van der Waals surface area contributed by atoms with Gasteiger partial charge in [-0.15, -0.1) is 0 Å². The summed E-state index contributed by atoms with van der Waals surface area (Å²) in [5.41, 5.74) is 1.40. The summed E-state index contributed by atoms with van der Waals surface area (Å²) in [4.78, 5) is 16.2. The average Bonchev–Trinajstić information content (AvgIpc) is 3.13. The molecule has 1 N–H and O–H groups in total. The number of rotatable bonds is 5. The summed E-state index contributed by atoms with van der Waals surface area (Å²) >= 11 is 3.62. The van der Waals surface area contributed by atoms with Crippen LogP contribution in [-0.4, -0.2) is 61.4 Å². The molecule has 6 heteroatoms. The van der Waals surface area contributed by atoms with Crippen molar-refractivity contribution in [3.05, 3.63) is 28.2 Å². The molecule has 0 saturated carbocycles. The van der Waals surface area contributed by atoms with E-state index in [0.29, 0.717) is 13.0 Å². The minimum atomic E-state index is -1.32. The summed E-state index contributed by atoms with van der Waals surface area (Å²) in [6.07, 6.45) is 2.56. The summed E-state index contributed by atoms with van der Waals surface area (Å²) in [5.74, 6) is -0.515. The van der Waals surface area contributed by atoms with Gasteiger partial charge < -0.3 is 14.7 Å². The first-order valence-electron chi connectivity index (χ1n) is 8.09. The number of carbonyl (C=O) groups is 1. The first kappa shape index (κ1) is 16.7. The Labute approximate surface area is 145 Å². The summed E-state index contributed by atoms with van der Waals surface area (Å²) in [6, 6.07) is 6.36. The molecule has 0 aromatic heterocycles. The Bertz CT molecular complexity index is 595. The van der Waals surface area contributed by atoms with Crippen LogP contribution in [-0.2, 0) is 16.0 Å². The molecule has 2 heterocycles. The van der Waals surface area contributed by atoms with Gasteiger partial charge in [0, 0.05) is 42.8 Å². The monoisotopic (exact) mass is 382 g/mol. The fourth-order valence-corrected chi connectivity index (χ4v) is 4.15. The Hall–Kier alpha value is -1.11. The molecule has 1 aromatic rings. The molecule has 0 bridgehead atoms. The minimum absolute atomic E-state index is 0.377. The highest BCUT2D eigenvalue weighted by Gasteiger charge is 2.43. The molecule has 126 valence electrons. The number of fused-ring (bicyclic) bond motifs is 1. The molecule has 0 spiro atoms. The number of halogens is 1. The van der Waals surface area contributed by atoms with Gasteiger partial charge in [0.2, 0.25) is 0 Å². The van der Waals surface area contributed by atoms with Crippen molar-refractivity contribution >= 4 is 27.6 Å². The van der Waals surface area contributed by atoms with E-state index >= 15 is 0 Å². The molecule has 0 radical (unpaired) electrons. The molecule has 0 aliphatic carbocycles. The van der Waals surface area contributed by atoms with E-state index in [9.17, 15) is 9.90 Å². The maximum absolute atomic E-state index is 11.6. The van der Waals surface area contributed by atoms with E-state index in [4.69, 9.17) is 4.74 Å². The molecule has 3 rings (SSSR count). The van der Waals surface area contributed by atoms with Crippen LogP contribution < -0.4 is 4.90 Å². The van der Waals surface area contributed by atoms with Gasteiger partial charge >= 0.3 is 5.97 Å². The molecule has 1 atom stereocenters. The highest BCUT2D eigenvalue weighted by molar-refractivity contribution is 9.10. The van der Waals surface area contributed by atoms with Crippen LogP contribution in [0.3, 0.4) is 0 Å². The first-order chi connectivity index (χ1) is 11.0. The summed E-state index contributed by atoms with van der Waals surface area (Å²) in [6.45, 7) is 4.06. The van der Waals surface area contributed by atoms with Crippen LogP contribution in [0.1, 0.15) is 18.4 Å². The average molecular weight is 383 g/mol. The zero-order valence-electron chi connectivity index (χ0n) is 13.4. The number of aliphatic hydroxyl groups is 1. The largest absolute Gasteiger partial charge is 0.467 e. The fraction of sp³-hybridized carbons (Fsp3) is 0.588. The minimum Gasteiger partial charge on any atom is -0.467 e. The zero-order valence-corrected chi connectivity index (χ0v) is 15.0. The number of ether oxygens (including phenoxy) is 1. The molecule has 23 heavy (non-hydrogen) atoms. The third-order valence-electron chi connectivity index (χ3n) is 4.86. The number of hydrogen-bond donors (Lipinski definition) is 1. The number of esters is 1. The number of β-amino-alcohol motifs (C(OH)–C–C–N with tert-alkyl or cyclic N) is 1. The number of likely N-dealkylation sites (tertiary alicyclic amines) is 1. The van der Waals surface area contributed by atoms with E-state index in [1.54, 1.807) is 0 Å². The van der Waals surface area contributed by atoms with Gasteiger partial charge in [-0.1, -0.05) is 22.0 Å². The number of nitrogens with zero attached hydrogens (tertiary/aromatic N) is 2. The molecular weight excluding hydrogens is 360 g/mol. The molecule has 2 aliphatic heterocycles. The van der Waals surface area contributed by atoms with Gasteiger partial charge in [0.15, 0.2) is 5.60 Å². The number of hydrogen-bond acceptors (Lipinski definition) is 5. The lowest BCUT2D eigenvalue weighted by atomic mass is 10.0. The number of carbonyl (C=O) groups excluding carboxylic acids is 1. The fourth-order valence-electron chi connectivity index (χ4n) is 3.59. The Kier molecular flexibility index (Phi) is 4.94. The summed E-state index contributed by atoms with van der Waals surface area (Å²) in [7, 11) is 1.33. The maximum atomic E-state index is 11.6. The molecule has 0 amide bonds. The summed E-state index contributed by atoms with van der Waals surface area (Å²) < 4.78 is 5.89. The second-order valence-electron chi connectivity index (χ2n) is 6.38. The van der Waals surface area contributed by atoms with Gasteiger partial charge in [-0.2, -0.15) is 0 Å². The van der Waals surface area contributed by atoms with Crippen LogP contribution in [0.15, 0.2) is 22.7 Å². The molecular formula is C17H23BrN2O3. The highest BCUT2D eigenvalue weighted by Crippen LogP contribution is 2.33. The van der Waals surface area contributed by atoms with Gasteiger partial charge in [0.25, 0.3) is 0 Å². The maximum Gasteiger partial charge on any atom is 0.339 e. The van der Waals surface area contributed by atoms with Crippen LogP contribution in [0.25, 0.3) is 0 Å². The predicted octanol–water partition coefficient (Wildman–Crippen LogP) is 1.81. The van der Waals surface area contributed by atoms with Crippen LogP contribution >= 0.6 is 15.9 Å². The zero-order chi connectivity index (χ0) is 16.4. The van der Waals surface area contributed by atoms with Crippen molar-refractivity contribution in [3.63, 3.8) is 0 Å². The summed E-state index contributed by atoms with van der Waals surface area (Å²) in [5, 5.41) is 10.3. The molecule has 1 aromatic carbocycles. The Morgan fingerprint density at radius 3 is 3.00 bits per heavy atom. The lowest BCUT2D eigenvalue weighted by Gasteiger charge is -2.23. The Morgan fingerprint density at radius 1 is 1.39 bits per heavy atom. The molecule has 5 nitrogen and oxygen atoms in total. The Morgan fingerprint density at radius 2 is 2.22 bits per heavy atom. The van der Waals surface area contributed by atoms with Gasteiger partial charge in [-0.3, -0.25) is 4.90 Å². The van der Waals surface area contributed by atoms with Crippen molar-refractivity contribution in [3.8, 4) is 0 Å². The topological polar surface area (TPSA) is 53.0 Å².